The van der Waals surface area contributed by atoms with Crippen LogP contribution in [0.15, 0.2) is 0 Å². The maximum absolute atomic E-state index is 13.5. The first-order valence-corrected chi connectivity index (χ1v) is 10.2. The van der Waals surface area contributed by atoms with Crippen LogP contribution in [0.1, 0.15) is 70.6 Å². The van der Waals surface area contributed by atoms with Crippen LogP contribution in [0.4, 0.5) is 4.39 Å². The number of hydrogen-bond donors (Lipinski definition) is 2. The Balaban J connectivity index is 1.35. The van der Waals surface area contributed by atoms with E-state index in [-0.39, 0.29) is 23.9 Å². The van der Waals surface area contributed by atoms with Crippen molar-refractivity contribution in [2.75, 3.05) is 6.54 Å². The van der Waals surface area contributed by atoms with Crippen LogP contribution in [0.5, 0.6) is 0 Å². The van der Waals surface area contributed by atoms with Crippen molar-refractivity contribution in [1.82, 2.24) is 10.6 Å². The van der Waals surface area contributed by atoms with Crippen LogP contribution in [0.25, 0.3) is 0 Å². The molecule has 1 amide bonds. The largest absolute Gasteiger partial charge is 0.341 e. The van der Waals surface area contributed by atoms with Crippen molar-refractivity contribution < 1.29 is 9.18 Å². The van der Waals surface area contributed by atoms with E-state index in [4.69, 9.17) is 5.26 Å². The summed E-state index contributed by atoms with van der Waals surface area (Å²) in [4.78, 5) is 12.4. The molecule has 25 heavy (non-hydrogen) atoms. The molecule has 2 saturated carbocycles. The van der Waals surface area contributed by atoms with Crippen LogP contribution in [0.2, 0.25) is 0 Å². The number of halogens is 1. The summed E-state index contributed by atoms with van der Waals surface area (Å²) in [6.45, 7) is 0.930. The van der Waals surface area contributed by atoms with E-state index in [1.807, 2.05) is 0 Å². The molecule has 3 fully saturated rings. The van der Waals surface area contributed by atoms with Crippen LogP contribution >= 0.6 is 0 Å². The minimum absolute atomic E-state index is 0.0767. The van der Waals surface area contributed by atoms with Gasteiger partial charge in [-0.25, -0.2) is 4.39 Å². The monoisotopic (exact) mass is 349 g/mol. The Morgan fingerprint density at radius 1 is 1.08 bits per heavy atom. The van der Waals surface area contributed by atoms with Gasteiger partial charge in [0, 0.05) is 11.8 Å². The molecule has 4 unspecified atom stereocenters. The van der Waals surface area contributed by atoms with E-state index >= 15 is 0 Å². The molecule has 0 bridgehead atoms. The van der Waals surface area contributed by atoms with Gasteiger partial charge in [0.1, 0.15) is 6.17 Å². The van der Waals surface area contributed by atoms with Crippen LogP contribution in [-0.2, 0) is 4.79 Å². The molecule has 140 valence electrons. The van der Waals surface area contributed by atoms with Crippen molar-refractivity contribution in [2.24, 2.45) is 23.7 Å². The zero-order valence-electron chi connectivity index (χ0n) is 15.2. The van der Waals surface area contributed by atoms with Crippen LogP contribution in [-0.4, -0.2) is 24.8 Å². The molecule has 3 rings (SSSR count). The number of carbonyl (C=O) groups excluding carboxylic acids is 1. The van der Waals surface area contributed by atoms with Gasteiger partial charge < -0.3 is 5.32 Å². The second-order valence-electron chi connectivity index (χ2n) is 8.46. The second-order valence-corrected chi connectivity index (χ2v) is 8.46. The number of piperidine rings is 1. The number of nitriles is 1. The second kappa shape index (κ2) is 8.98. The predicted octanol–water partition coefficient (Wildman–Crippen LogP) is 3.68. The van der Waals surface area contributed by atoms with Crippen LogP contribution in [0.3, 0.4) is 0 Å². The van der Waals surface area contributed by atoms with E-state index in [1.54, 1.807) is 0 Å². The third kappa shape index (κ3) is 5.41. The predicted molar refractivity (Wildman–Crippen MR) is 95.2 cm³/mol. The molecule has 1 heterocycles. The van der Waals surface area contributed by atoms with Gasteiger partial charge in [-0.1, -0.05) is 12.8 Å². The lowest BCUT2D eigenvalue weighted by atomic mass is 9.79. The fraction of sp³-hybridized carbons (Fsp3) is 0.900. The van der Waals surface area contributed by atoms with Gasteiger partial charge in [0.25, 0.3) is 0 Å². The summed E-state index contributed by atoms with van der Waals surface area (Å²) in [5.74, 6) is 1.54. The molecule has 4 nitrogen and oxygen atoms in total. The first-order chi connectivity index (χ1) is 12.1. The maximum atomic E-state index is 13.5. The van der Waals surface area contributed by atoms with E-state index in [1.165, 1.54) is 6.42 Å². The summed E-state index contributed by atoms with van der Waals surface area (Å²) in [6.07, 6.45) is 9.83. The van der Waals surface area contributed by atoms with E-state index in [2.05, 4.69) is 16.7 Å². The van der Waals surface area contributed by atoms with Crippen molar-refractivity contribution in [3.8, 4) is 6.07 Å². The zero-order valence-corrected chi connectivity index (χ0v) is 15.2. The molecule has 0 aromatic carbocycles. The fourth-order valence-electron chi connectivity index (χ4n) is 4.92. The van der Waals surface area contributed by atoms with Crippen LogP contribution in [0, 0.1) is 35.0 Å². The summed E-state index contributed by atoms with van der Waals surface area (Å²) < 4.78 is 13.5. The quantitative estimate of drug-likeness (QED) is 0.814. The Hall–Kier alpha value is -1.15. The van der Waals surface area contributed by atoms with Gasteiger partial charge >= 0.3 is 0 Å². The third-order valence-corrected chi connectivity index (χ3v) is 6.50. The summed E-state index contributed by atoms with van der Waals surface area (Å²) in [5.41, 5.74) is 0. The minimum atomic E-state index is -0.585. The fourth-order valence-corrected chi connectivity index (χ4v) is 4.92. The minimum Gasteiger partial charge on any atom is -0.341 e. The van der Waals surface area contributed by atoms with Gasteiger partial charge in [-0.05, 0) is 76.2 Å². The highest BCUT2D eigenvalue weighted by molar-refractivity contribution is 5.79. The first kappa shape index (κ1) is 18.6. The average Bonchev–Trinajstić information content (AvgIpc) is 2.63. The molecule has 4 atom stereocenters. The number of nitrogens with one attached hydrogen (secondary N) is 2. The maximum Gasteiger partial charge on any atom is 0.224 e. The molecule has 3 aliphatic rings. The van der Waals surface area contributed by atoms with E-state index in [0.717, 1.165) is 70.8 Å². The van der Waals surface area contributed by atoms with Gasteiger partial charge in [0.15, 0.2) is 0 Å². The van der Waals surface area contributed by atoms with Gasteiger partial charge in [0.05, 0.1) is 12.2 Å². The summed E-state index contributed by atoms with van der Waals surface area (Å²) >= 11 is 0. The number of rotatable bonds is 4. The Labute approximate surface area is 150 Å². The summed E-state index contributed by atoms with van der Waals surface area (Å²) in [7, 11) is 0. The third-order valence-electron chi connectivity index (χ3n) is 6.50. The van der Waals surface area contributed by atoms with Crippen molar-refractivity contribution in [1.29, 1.82) is 5.26 Å². The molecule has 2 N–H and O–H groups in total. The number of alkyl halides is 1. The van der Waals surface area contributed by atoms with Crippen molar-refractivity contribution in [3.63, 3.8) is 0 Å². The van der Waals surface area contributed by atoms with Gasteiger partial charge in [-0.2, -0.15) is 5.26 Å². The number of amides is 1. The van der Waals surface area contributed by atoms with Crippen molar-refractivity contribution in [2.45, 2.75) is 83.0 Å². The standard InChI is InChI=1S/C20H32FN3O/c21-18-3-1-2-15(11-18)10-16-6-9-19(23-13-16)24-20(25)17-7-4-14(12-22)5-8-17/h14-19,23H,1-11,13H2,(H,24,25). The lowest BCUT2D eigenvalue weighted by Crippen LogP contribution is -2.52. The van der Waals surface area contributed by atoms with Crippen LogP contribution < -0.4 is 10.6 Å². The Kier molecular flexibility index (Phi) is 6.70. The van der Waals surface area contributed by atoms with Crippen molar-refractivity contribution >= 4 is 5.91 Å². The van der Waals surface area contributed by atoms with E-state index in [9.17, 15) is 9.18 Å². The molecule has 1 saturated heterocycles. The van der Waals surface area contributed by atoms with E-state index < -0.39 is 6.17 Å². The highest BCUT2D eigenvalue weighted by Gasteiger charge is 2.30. The van der Waals surface area contributed by atoms with Gasteiger partial charge in [-0.3, -0.25) is 10.1 Å². The summed E-state index contributed by atoms with van der Waals surface area (Å²) in [6, 6.07) is 2.32. The lowest BCUT2D eigenvalue weighted by Gasteiger charge is -2.35. The molecular formula is C20H32FN3O. The summed E-state index contributed by atoms with van der Waals surface area (Å²) in [5, 5.41) is 15.6. The lowest BCUT2D eigenvalue weighted by molar-refractivity contribution is -0.127. The average molecular weight is 349 g/mol. The SMILES string of the molecule is N#CC1CCC(C(=O)NC2CCC(CC3CCCC(F)C3)CN2)CC1. The molecule has 5 heteroatoms. The molecule has 0 spiro atoms. The Morgan fingerprint density at radius 2 is 1.88 bits per heavy atom. The molecule has 0 aromatic heterocycles. The Morgan fingerprint density at radius 3 is 2.52 bits per heavy atom. The molecular weight excluding hydrogens is 317 g/mol. The van der Waals surface area contributed by atoms with Gasteiger partial charge in [-0.15, -0.1) is 0 Å². The van der Waals surface area contributed by atoms with E-state index in [0.29, 0.717) is 11.8 Å². The number of carbonyl (C=O) groups is 1. The number of nitrogens with zero attached hydrogens (tertiary/aromatic N) is 1. The normalized spacial score (nSPS) is 39.4. The zero-order chi connectivity index (χ0) is 17.6. The Bertz CT molecular complexity index is 476. The number of hydrogen-bond acceptors (Lipinski definition) is 3. The topological polar surface area (TPSA) is 64.9 Å². The van der Waals surface area contributed by atoms with Crippen molar-refractivity contribution in [3.05, 3.63) is 0 Å². The smallest absolute Gasteiger partial charge is 0.224 e. The molecule has 0 radical (unpaired) electrons. The molecule has 2 aliphatic carbocycles. The highest BCUT2D eigenvalue weighted by Crippen LogP contribution is 2.33. The first-order valence-electron chi connectivity index (χ1n) is 10.2. The molecule has 1 aliphatic heterocycles. The highest BCUT2D eigenvalue weighted by atomic mass is 19.1. The van der Waals surface area contributed by atoms with Gasteiger partial charge in [0.2, 0.25) is 5.91 Å². The molecule has 0 aromatic rings.